The number of hydrogen-bond acceptors (Lipinski definition) is 5. The number of para-hydroxylation sites is 1. The van der Waals surface area contributed by atoms with Gasteiger partial charge in [0.05, 0.1) is 6.61 Å². The molecule has 0 radical (unpaired) electrons. The Bertz CT molecular complexity index is 502. The summed E-state index contributed by atoms with van der Waals surface area (Å²) in [7, 11) is -5.17. The SMILES string of the molecule is CCCCCCCCCc1ccccc1OCC.O=S(=O)([O-])[O-].[Na+].[Na+]. The summed E-state index contributed by atoms with van der Waals surface area (Å²) >= 11 is 0. The van der Waals surface area contributed by atoms with Crippen molar-refractivity contribution >= 4 is 10.4 Å². The van der Waals surface area contributed by atoms with Gasteiger partial charge in [0.25, 0.3) is 0 Å². The zero-order valence-electron chi connectivity index (χ0n) is 16.1. The summed E-state index contributed by atoms with van der Waals surface area (Å²) in [6, 6.07) is 8.44. The second kappa shape index (κ2) is 19.6. The van der Waals surface area contributed by atoms with Crippen molar-refractivity contribution in [3.05, 3.63) is 29.8 Å². The van der Waals surface area contributed by atoms with E-state index < -0.39 is 10.4 Å². The molecule has 0 aliphatic carbocycles. The van der Waals surface area contributed by atoms with E-state index in [2.05, 4.69) is 31.2 Å². The van der Waals surface area contributed by atoms with Crippen molar-refractivity contribution in [2.75, 3.05) is 6.61 Å². The molecule has 1 aromatic carbocycles. The van der Waals surface area contributed by atoms with Crippen LogP contribution in [0.15, 0.2) is 24.3 Å². The first-order valence-electron chi connectivity index (χ1n) is 8.25. The van der Waals surface area contributed by atoms with Gasteiger partial charge in [0.1, 0.15) is 5.75 Å². The Balaban J connectivity index is -0.000000610. The summed E-state index contributed by atoms with van der Waals surface area (Å²) in [4.78, 5) is 0. The number of aryl methyl sites for hydroxylation is 1. The maximum Gasteiger partial charge on any atom is 1.00 e. The van der Waals surface area contributed by atoms with E-state index in [1.54, 1.807) is 0 Å². The van der Waals surface area contributed by atoms with E-state index in [4.69, 9.17) is 22.3 Å². The third-order valence-electron chi connectivity index (χ3n) is 3.32. The molecule has 1 rings (SSSR count). The van der Waals surface area contributed by atoms with E-state index in [0.29, 0.717) is 0 Å². The van der Waals surface area contributed by atoms with Gasteiger partial charge >= 0.3 is 59.1 Å². The number of hydrogen-bond donors (Lipinski definition) is 0. The molecule has 0 N–H and O–H groups in total. The Hall–Kier alpha value is 0.890. The van der Waals surface area contributed by atoms with Crippen molar-refractivity contribution in [2.45, 2.75) is 65.2 Å². The molecule has 0 spiro atoms. The largest absolute Gasteiger partial charge is 1.00 e. The predicted octanol–water partition coefficient (Wildman–Crippen LogP) is -1.95. The van der Waals surface area contributed by atoms with Gasteiger partial charge in [-0.05, 0) is 31.4 Å². The van der Waals surface area contributed by atoms with Gasteiger partial charge in [0.2, 0.25) is 0 Å². The molecule has 0 saturated heterocycles. The average molecular weight is 390 g/mol. The summed E-state index contributed by atoms with van der Waals surface area (Å²) in [5.74, 6) is 1.07. The minimum Gasteiger partial charge on any atom is -0.759 e. The molecule has 0 bridgehead atoms. The van der Waals surface area contributed by atoms with E-state index in [9.17, 15) is 0 Å². The van der Waals surface area contributed by atoms with Crippen LogP contribution in [0.4, 0.5) is 0 Å². The van der Waals surface area contributed by atoms with Gasteiger partial charge in [0, 0.05) is 10.4 Å². The Labute approximate surface area is 197 Å². The normalized spacial score (nSPS) is 9.92. The van der Waals surface area contributed by atoms with E-state index >= 15 is 0 Å². The van der Waals surface area contributed by atoms with Crippen molar-refractivity contribution < 1.29 is 81.4 Å². The van der Waals surface area contributed by atoms with Crippen LogP contribution >= 0.6 is 0 Å². The maximum absolute atomic E-state index is 8.52. The molecule has 0 fully saturated rings. The molecule has 8 heteroatoms. The smallest absolute Gasteiger partial charge is 0.759 e. The molecule has 0 heterocycles. The zero-order valence-corrected chi connectivity index (χ0v) is 20.9. The van der Waals surface area contributed by atoms with Gasteiger partial charge in [-0.2, -0.15) is 0 Å². The number of unbranched alkanes of at least 4 members (excludes halogenated alkanes) is 6. The fourth-order valence-corrected chi connectivity index (χ4v) is 2.28. The number of rotatable bonds is 10. The Morgan fingerprint density at radius 1 is 0.880 bits per heavy atom. The average Bonchev–Trinajstić information content (AvgIpc) is 2.46. The van der Waals surface area contributed by atoms with Crippen LogP contribution in [0.25, 0.3) is 0 Å². The van der Waals surface area contributed by atoms with Crippen molar-refractivity contribution in [1.29, 1.82) is 0 Å². The van der Waals surface area contributed by atoms with Gasteiger partial charge in [0.15, 0.2) is 0 Å². The van der Waals surface area contributed by atoms with Gasteiger partial charge in [-0.1, -0.05) is 63.6 Å². The second-order valence-corrected chi connectivity index (χ2v) is 6.14. The first-order chi connectivity index (χ1) is 10.9. The molecular weight excluding hydrogens is 362 g/mol. The third kappa shape index (κ3) is 22.8. The fraction of sp³-hybridized carbons (Fsp3) is 0.647. The van der Waals surface area contributed by atoms with Crippen LogP contribution in [-0.2, 0) is 16.8 Å². The molecule has 134 valence electrons. The standard InChI is InChI=1S/C17H28O.2Na.H2O4S/c1-3-5-6-7-8-9-10-13-16-14-11-12-15-17(16)18-4-2;;;1-5(2,3)4/h11-12,14-15H,3-10,13H2,1-2H3;;;(H2,1,2,3,4)/q;2*+1;/p-2. The summed E-state index contributed by atoms with van der Waals surface area (Å²) < 4.78 is 39.7. The number of ether oxygens (including phenoxy) is 1. The van der Waals surface area contributed by atoms with Crippen LogP contribution in [0.1, 0.15) is 64.4 Å². The first kappa shape index (κ1) is 30.6. The van der Waals surface area contributed by atoms with E-state index in [-0.39, 0.29) is 59.1 Å². The molecule has 1 aromatic rings. The quantitative estimate of drug-likeness (QED) is 0.201. The van der Waals surface area contributed by atoms with Crippen LogP contribution in [0, 0.1) is 0 Å². The van der Waals surface area contributed by atoms with Gasteiger partial charge < -0.3 is 13.8 Å². The van der Waals surface area contributed by atoms with Crippen molar-refractivity contribution in [3.8, 4) is 5.75 Å². The van der Waals surface area contributed by atoms with Gasteiger partial charge in [-0.15, -0.1) is 0 Å². The van der Waals surface area contributed by atoms with E-state index in [1.807, 2.05) is 6.92 Å². The summed E-state index contributed by atoms with van der Waals surface area (Å²) in [5.41, 5.74) is 1.37. The van der Waals surface area contributed by atoms with Crippen molar-refractivity contribution in [3.63, 3.8) is 0 Å². The molecule has 25 heavy (non-hydrogen) atoms. The van der Waals surface area contributed by atoms with Crippen LogP contribution in [0.2, 0.25) is 0 Å². The fourth-order valence-electron chi connectivity index (χ4n) is 2.28. The Kier molecular flexibility index (Phi) is 24.1. The van der Waals surface area contributed by atoms with Crippen LogP contribution in [-0.4, -0.2) is 24.1 Å². The maximum atomic E-state index is 8.52. The molecule has 0 aliphatic rings. The molecule has 0 aliphatic heterocycles. The zero-order chi connectivity index (χ0) is 17.6. The Morgan fingerprint density at radius 2 is 1.36 bits per heavy atom. The molecule has 0 atom stereocenters. The topological polar surface area (TPSA) is 89.5 Å². The molecule has 5 nitrogen and oxygen atoms in total. The van der Waals surface area contributed by atoms with E-state index in [0.717, 1.165) is 18.8 Å². The third-order valence-corrected chi connectivity index (χ3v) is 3.32. The molecular formula is C17H28Na2O5S. The molecule has 0 amide bonds. The van der Waals surface area contributed by atoms with Gasteiger partial charge in [-0.25, -0.2) is 0 Å². The minimum atomic E-state index is -5.17. The molecule has 0 unspecified atom stereocenters. The van der Waals surface area contributed by atoms with Gasteiger partial charge in [-0.3, -0.25) is 8.42 Å². The van der Waals surface area contributed by atoms with Crippen LogP contribution in [0.5, 0.6) is 5.75 Å². The summed E-state index contributed by atoms with van der Waals surface area (Å²) in [5, 5.41) is 0. The summed E-state index contributed by atoms with van der Waals surface area (Å²) in [6.45, 7) is 5.07. The predicted molar refractivity (Wildman–Crippen MR) is 89.8 cm³/mol. The second-order valence-electron chi connectivity index (χ2n) is 5.32. The molecule has 0 saturated carbocycles. The van der Waals surface area contributed by atoms with Crippen molar-refractivity contribution in [1.82, 2.24) is 0 Å². The number of benzene rings is 1. The van der Waals surface area contributed by atoms with Crippen LogP contribution in [0.3, 0.4) is 0 Å². The molecule has 0 aromatic heterocycles. The first-order valence-corrected chi connectivity index (χ1v) is 9.59. The Morgan fingerprint density at radius 3 is 1.88 bits per heavy atom. The monoisotopic (exact) mass is 390 g/mol. The minimum absolute atomic E-state index is 0. The summed E-state index contributed by atoms with van der Waals surface area (Å²) in [6.07, 6.45) is 10.7. The van der Waals surface area contributed by atoms with E-state index in [1.165, 1.54) is 50.5 Å². The van der Waals surface area contributed by atoms with Crippen molar-refractivity contribution in [2.24, 2.45) is 0 Å². The van der Waals surface area contributed by atoms with Crippen LogP contribution < -0.4 is 63.9 Å².